The van der Waals surface area contributed by atoms with Gasteiger partial charge in [0.05, 0.1) is 6.42 Å². The second kappa shape index (κ2) is 12.8. The Labute approximate surface area is 186 Å². The van der Waals surface area contributed by atoms with E-state index in [1.54, 1.807) is 12.4 Å². The van der Waals surface area contributed by atoms with Crippen LogP contribution in [0.4, 0.5) is 0 Å². The van der Waals surface area contributed by atoms with Crippen molar-refractivity contribution in [3.63, 3.8) is 0 Å². The average Bonchev–Trinajstić information content (AvgIpc) is 2.81. The average molecular weight is 441 g/mol. The van der Waals surface area contributed by atoms with Crippen LogP contribution in [-0.2, 0) is 32.0 Å². The minimum atomic E-state index is -1.82. The standard InChI is InChI=1S/C21H25N3O2.C2H2O4/c25-20(10-4-8-18-6-2-1-3-7-18)23-12-14-24(15-13-23)21(26)16-19-9-5-11-22-17-19;3-1(4)2(5)6/h1-3,5-7,9,11,17H,4,8,10,12-16H2;(H,3,4)(H,5,6). The number of nitrogens with zero attached hydrogens (tertiary/aromatic N) is 3. The van der Waals surface area contributed by atoms with E-state index in [0.29, 0.717) is 39.0 Å². The molecule has 32 heavy (non-hydrogen) atoms. The van der Waals surface area contributed by atoms with Gasteiger partial charge in [-0.05, 0) is 30.0 Å². The molecular weight excluding hydrogens is 414 g/mol. The predicted molar refractivity (Wildman–Crippen MR) is 116 cm³/mol. The second-order valence-electron chi connectivity index (χ2n) is 7.25. The smallest absolute Gasteiger partial charge is 0.414 e. The molecule has 1 aromatic heterocycles. The third-order valence-corrected chi connectivity index (χ3v) is 4.95. The van der Waals surface area contributed by atoms with Gasteiger partial charge in [-0.15, -0.1) is 0 Å². The van der Waals surface area contributed by atoms with Gasteiger partial charge in [0.2, 0.25) is 11.8 Å². The van der Waals surface area contributed by atoms with Gasteiger partial charge in [0.1, 0.15) is 0 Å². The number of hydrogen-bond acceptors (Lipinski definition) is 5. The zero-order chi connectivity index (χ0) is 23.3. The maximum absolute atomic E-state index is 12.4. The van der Waals surface area contributed by atoms with Crippen molar-refractivity contribution >= 4 is 23.8 Å². The molecule has 0 radical (unpaired) electrons. The molecule has 0 spiro atoms. The van der Waals surface area contributed by atoms with Crippen LogP contribution in [0.15, 0.2) is 54.9 Å². The van der Waals surface area contributed by atoms with E-state index < -0.39 is 11.9 Å². The summed E-state index contributed by atoms with van der Waals surface area (Å²) in [6.45, 7) is 2.49. The van der Waals surface area contributed by atoms with Gasteiger partial charge in [0.15, 0.2) is 0 Å². The quantitative estimate of drug-likeness (QED) is 0.650. The lowest BCUT2D eigenvalue weighted by Gasteiger charge is -2.35. The van der Waals surface area contributed by atoms with Gasteiger partial charge >= 0.3 is 11.9 Å². The van der Waals surface area contributed by atoms with Gasteiger partial charge in [0, 0.05) is 45.0 Å². The molecule has 1 aromatic carbocycles. The van der Waals surface area contributed by atoms with Gasteiger partial charge < -0.3 is 20.0 Å². The fourth-order valence-corrected chi connectivity index (χ4v) is 3.24. The van der Waals surface area contributed by atoms with E-state index in [1.807, 2.05) is 40.1 Å². The normalized spacial score (nSPS) is 13.0. The molecule has 2 amide bonds. The van der Waals surface area contributed by atoms with Crippen LogP contribution in [0.1, 0.15) is 24.0 Å². The lowest BCUT2D eigenvalue weighted by Crippen LogP contribution is -2.51. The van der Waals surface area contributed by atoms with Crippen LogP contribution < -0.4 is 0 Å². The van der Waals surface area contributed by atoms with Crippen LogP contribution in [0.5, 0.6) is 0 Å². The molecule has 0 unspecified atom stereocenters. The number of aliphatic carboxylic acids is 2. The molecule has 1 aliphatic rings. The highest BCUT2D eigenvalue weighted by atomic mass is 16.4. The number of amides is 2. The van der Waals surface area contributed by atoms with Crippen LogP contribution in [0, 0.1) is 0 Å². The maximum Gasteiger partial charge on any atom is 0.414 e. The summed E-state index contributed by atoms with van der Waals surface area (Å²) in [5.41, 5.74) is 2.20. The molecule has 1 aliphatic heterocycles. The van der Waals surface area contributed by atoms with Crippen molar-refractivity contribution in [2.75, 3.05) is 26.2 Å². The summed E-state index contributed by atoms with van der Waals surface area (Å²) >= 11 is 0. The first-order valence-electron chi connectivity index (χ1n) is 10.3. The van der Waals surface area contributed by atoms with Crippen molar-refractivity contribution in [1.29, 1.82) is 0 Å². The lowest BCUT2D eigenvalue weighted by molar-refractivity contribution is -0.159. The van der Waals surface area contributed by atoms with E-state index in [9.17, 15) is 9.59 Å². The Morgan fingerprint density at radius 2 is 1.34 bits per heavy atom. The van der Waals surface area contributed by atoms with Gasteiger partial charge in [-0.3, -0.25) is 14.6 Å². The summed E-state index contributed by atoms with van der Waals surface area (Å²) in [5, 5.41) is 14.8. The van der Waals surface area contributed by atoms with Crippen LogP contribution in [0.2, 0.25) is 0 Å². The van der Waals surface area contributed by atoms with Crippen LogP contribution in [-0.4, -0.2) is 74.9 Å². The number of aryl methyl sites for hydroxylation is 1. The van der Waals surface area contributed by atoms with Crippen molar-refractivity contribution in [1.82, 2.24) is 14.8 Å². The van der Waals surface area contributed by atoms with Crippen molar-refractivity contribution in [3.8, 4) is 0 Å². The third kappa shape index (κ3) is 8.55. The molecule has 9 heteroatoms. The maximum atomic E-state index is 12.4. The minimum Gasteiger partial charge on any atom is -0.473 e. The van der Waals surface area contributed by atoms with Crippen molar-refractivity contribution in [3.05, 3.63) is 66.0 Å². The number of hydrogen-bond donors (Lipinski definition) is 2. The first kappa shape index (κ1) is 24.5. The Morgan fingerprint density at radius 1 is 0.781 bits per heavy atom. The van der Waals surface area contributed by atoms with E-state index in [-0.39, 0.29) is 11.8 Å². The molecule has 3 rings (SSSR count). The first-order chi connectivity index (χ1) is 15.4. The summed E-state index contributed by atoms with van der Waals surface area (Å²) in [7, 11) is 0. The molecule has 9 nitrogen and oxygen atoms in total. The Hall–Kier alpha value is -3.75. The number of carboxylic acids is 2. The molecule has 0 saturated carbocycles. The lowest BCUT2D eigenvalue weighted by atomic mass is 10.1. The monoisotopic (exact) mass is 441 g/mol. The molecule has 0 aliphatic carbocycles. The third-order valence-electron chi connectivity index (χ3n) is 4.95. The first-order valence-corrected chi connectivity index (χ1v) is 10.3. The predicted octanol–water partition coefficient (Wildman–Crippen LogP) is 1.47. The Morgan fingerprint density at radius 3 is 1.88 bits per heavy atom. The number of benzene rings is 1. The molecule has 1 fully saturated rings. The number of carboxylic acid groups (broad SMARTS) is 2. The molecule has 170 valence electrons. The summed E-state index contributed by atoms with van der Waals surface area (Å²) in [5.74, 6) is -3.35. The number of piperazine rings is 1. The number of aromatic nitrogens is 1. The zero-order valence-electron chi connectivity index (χ0n) is 17.7. The number of carbonyl (C=O) groups excluding carboxylic acids is 2. The summed E-state index contributed by atoms with van der Waals surface area (Å²) in [4.78, 5) is 50.7. The molecular formula is C23H27N3O6. The molecule has 0 atom stereocenters. The summed E-state index contributed by atoms with van der Waals surface area (Å²) in [6.07, 6.45) is 6.16. The Bertz CT molecular complexity index is 884. The van der Waals surface area contributed by atoms with E-state index in [0.717, 1.165) is 18.4 Å². The Balaban J connectivity index is 0.000000534. The molecule has 0 bridgehead atoms. The highest BCUT2D eigenvalue weighted by Crippen LogP contribution is 2.10. The molecule has 1 saturated heterocycles. The number of carbonyl (C=O) groups is 4. The second-order valence-corrected chi connectivity index (χ2v) is 7.25. The number of rotatable bonds is 6. The SMILES string of the molecule is O=C(CCCc1ccccc1)N1CCN(C(=O)Cc2cccnc2)CC1.O=C(O)C(=O)O. The van der Waals surface area contributed by atoms with Crippen molar-refractivity contribution < 1.29 is 29.4 Å². The summed E-state index contributed by atoms with van der Waals surface area (Å²) < 4.78 is 0. The largest absolute Gasteiger partial charge is 0.473 e. The molecule has 2 N–H and O–H groups in total. The molecule has 2 aromatic rings. The highest BCUT2D eigenvalue weighted by Gasteiger charge is 2.23. The fourth-order valence-electron chi connectivity index (χ4n) is 3.24. The van der Waals surface area contributed by atoms with Gasteiger partial charge in [-0.2, -0.15) is 0 Å². The van der Waals surface area contributed by atoms with E-state index in [4.69, 9.17) is 19.8 Å². The van der Waals surface area contributed by atoms with Crippen molar-refractivity contribution in [2.24, 2.45) is 0 Å². The summed E-state index contributed by atoms with van der Waals surface area (Å²) in [6, 6.07) is 14.0. The minimum absolute atomic E-state index is 0.106. The van der Waals surface area contributed by atoms with E-state index in [1.165, 1.54) is 5.56 Å². The van der Waals surface area contributed by atoms with Crippen LogP contribution >= 0.6 is 0 Å². The number of pyridine rings is 1. The topological polar surface area (TPSA) is 128 Å². The van der Waals surface area contributed by atoms with Gasteiger partial charge in [0.25, 0.3) is 0 Å². The van der Waals surface area contributed by atoms with Crippen molar-refractivity contribution in [2.45, 2.75) is 25.7 Å². The fraction of sp³-hybridized carbons (Fsp3) is 0.348. The van der Waals surface area contributed by atoms with Gasteiger partial charge in [-0.25, -0.2) is 9.59 Å². The van der Waals surface area contributed by atoms with E-state index >= 15 is 0 Å². The van der Waals surface area contributed by atoms with Crippen LogP contribution in [0.25, 0.3) is 0 Å². The molecule has 2 heterocycles. The van der Waals surface area contributed by atoms with Crippen LogP contribution in [0.3, 0.4) is 0 Å². The van der Waals surface area contributed by atoms with E-state index in [2.05, 4.69) is 17.1 Å². The highest BCUT2D eigenvalue weighted by molar-refractivity contribution is 6.27. The Kier molecular flexibility index (Phi) is 9.83. The zero-order valence-corrected chi connectivity index (χ0v) is 17.7. The van der Waals surface area contributed by atoms with Gasteiger partial charge in [-0.1, -0.05) is 36.4 Å².